The number of carbonyl (C=O) groups excluding carboxylic acids is 1. The van der Waals surface area contributed by atoms with Crippen molar-refractivity contribution in [2.45, 2.75) is 37.2 Å². The highest BCUT2D eigenvalue weighted by molar-refractivity contribution is 7.99. The van der Waals surface area contributed by atoms with Crippen LogP contribution in [0.15, 0.2) is 71.9 Å². The Hall–Kier alpha value is -3.23. The summed E-state index contributed by atoms with van der Waals surface area (Å²) in [6.07, 6.45) is 2.08. The number of hydrogen-bond acceptors (Lipinski definition) is 5. The highest BCUT2D eigenvalue weighted by atomic mass is 32.2. The second kappa shape index (κ2) is 10.6. The Labute approximate surface area is 208 Å². The first-order valence-electron chi connectivity index (χ1n) is 11.7. The molecular formula is C27H27FN4O2S. The van der Waals surface area contributed by atoms with Gasteiger partial charge in [-0.2, -0.15) is 0 Å². The summed E-state index contributed by atoms with van der Waals surface area (Å²) in [7, 11) is 1.82. The summed E-state index contributed by atoms with van der Waals surface area (Å²) in [5.74, 6) is 0.615. The smallest absolute Gasteiger partial charge is 0.233 e. The highest BCUT2D eigenvalue weighted by Crippen LogP contribution is 2.27. The number of amides is 1. The Bertz CT molecular complexity index is 1320. The van der Waals surface area contributed by atoms with Crippen molar-refractivity contribution in [2.24, 2.45) is 0 Å². The summed E-state index contributed by atoms with van der Waals surface area (Å²) in [5.41, 5.74) is 1.87. The van der Waals surface area contributed by atoms with E-state index in [4.69, 9.17) is 4.74 Å². The molecule has 0 saturated carbocycles. The molecule has 1 aliphatic heterocycles. The van der Waals surface area contributed by atoms with E-state index in [0.29, 0.717) is 24.1 Å². The van der Waals surface area contributed by atoms with Crippen molar-refractivity contribution < 1.29 is 13.9 Å². The maximum Gasteiger partial charge on any atom is 0.233 e. The van der Waals surface area contributed by atoms with Gasteiger partial charge in [-0.1, -0.05) is 48.2 Å². The van der Waals surface area contributed by atoms with Crippen molar-refractivity contribution in [2.75, 3.05) is 19.4 Å². The number of ether oxygens (including phenoxy) is 1. The van der Waals surface area contributed by atoms with Crippen LogP contribution in [0.5, 0.6) is 0 Å². The summed E-state index contributed by atoms with van der Waals surface area (Å²) in [4.78, 5) is 14.7. The van der Waals surface area contributed by atoms with Crippen LogP contribution in [0.4, 0.5) is 4.39 Å². The molecule has 6 nitrogen and oxygen atoms in total. The molecule has 3 aromatic carbocycles. The minimum atomic E-state index is -0.298. The number of aromatic nitrogens is 3. The second-order valence-electron chi connectivity index (χ2n) is 8.78. The van der Waals surface area contributed by atoms with E-state index < -0.39 is 0 Å². The van der Waals surface area contributed by atoms with Crippen LogP contribution < -0.4 is 0 Å². The largest absolute Gasteiger partial charge is 0.376 e. The SMILES string of the molecule is CN(Cc1ccc2ccccc2c1)C(=O)CSc1nnc(-c2ccc(F)cc2)n1C[C@H]1CCCO1. The van der Waals surface area contributed by atoms with E-state index in [0.717, 1.165) is 36.0 Å². The average Bonchev–Trinajstić information content (AvgIpc) is 3.53. The number of carbonyl (C=O) groups is 1. The van der Waals surface area contributed by atoms with Gasteiger partial charge < -0.3 is 9.64 Å². The molecule has 1 aromatic heterocycles. The van der Waals surface area contributed by atoms with Crippen LogP contribution >= 0.6 is 11.8 Å². The second-order valence-corrected chi connectivity index (χ2v) is 9.72. The summed E-state index contributed by atoms with van der Waals surface area (Å²) in [5, 5.41) is 11.7. The molecule has 0 aliphatic carbocycles. The zero-order valence-corrected chi connectivity index (χ0v) is 20.4. The van der Waals surface area contributed by atoms with Gasteiger partial charge >= 0.3 is 0 Å². The first-order chi connectivity index (χ1) is 17.1. The topological polar surface area (TPSA) is 60.2 Å². The number of nitrogens with zero attached hydrogens (tertiary/aromatic N) is 4. The lowest BCUT2D eigenvalue weighted by Crippen LogP contribution is -2.28. The van der Waals surface area contributed by atoms with Gasteiger partial charge in [0.2, 0.25) is 5.91 Å². The molecule has 0 bridgehead atoms. The molecule has 8 heteroatoms. The standard InChI is InChI=1S/C27H27FN4O2S/c1-31(16-19-8-9-20-5-2-3-6-22(20)15-19)25(33)18-35-27-30-29-26(21-10-12-23(28)13-11-21)32(27)17-24-7-4-14-34-24/h2-3,5-6,8-13,15,24H,4,7,14,16-18H2,1H3/t24-/m1/s1. The van der Waals surface area contributed by atoms with E-state index in [1.54, 1.807) is 17.0 Å². The number of fused-ring (bicyclic) bond motifs is 1. The summed E-state index contributed by atoms with van der Waals surface area (Å²) < 4.78 is 21.3. The predicted octanol–water partition coefficient (Wildman–Crippen LogP) is 5.17. The van der Waals surface area contributed by atoms with Gasteiger partial charge in [-0.3, -0.25) is 9.36 Å². The molecule has 180 valence electrons. The van der Waals surface area contributed by atoms with Gasteiger partial charge in [-0.25, -0.2) is 4.39 Å². The van der Waals surface area contributed by atoms with E-state index in [-0.39, 0.29) is 23.6 Å². The molecule has 0 unspecified atom stereocenters. The molecule has 35 heavy (non-hydrogen) atoms. The quantitative estimate of drug-likeness (QED) is 0.319. The van der Waals surface area contributed by atoms with Gasteiger partial charge in [0.1, 0.15) is 5.82 Å². The van der Waals surface area contributed by atoms with Crippen molar-refractivity contribution in [3.05, 3.63) is 78.1 Å². The minimum absolute atomic E-state index is 0.0122. The molecule has 1 amide bonds. The average molecular weight is 491 g/mol. The Balaban J connectivity index is 1.28. The fourth-order valence-corrected chi connectivity index (χ4v) is 5.19. The van der Waals surface area contributed by atoms with Gasteiger partial charge in [0.15, 0.2) is 11.0 Å². The van der Waals surface area contributed by atoms with Crippen LogP contribution in [0.3, 0.4) is 0 Å². The Morgan fingerprint density at radius 1 is 1.11 bits per heavy atom. The normalized spacial score (nSPS) is 15.5. The van der Waals surface area contributed by atoms with E-state index in [9.17, 15) is 9.18 Å². The van der Waals surface area contributed by atoms with E-state index in [1.807, 2.05) is 23.7 Å². The Morgan fingerprint density at radius 3 is 2.69 bits per heavy atom. The van der Waals surface area contributed by atoms with Crippen molar-refractivity contribution >= 4 is 28.4 Å². The number of thioether (sulfide) groups is 1. The van der Waals surface area contributed by atoms with Gasteiger partial charge in [0.05, 0.1) is 18.4 Å². The molecule has 2 heterocycles. The molecular weight excluding hydrogens is 463 g/mol. The Morgan fingerprint density at radius 2 is 1.91 bits per heavy atom. The third-order valence-electron chi connectivity index (χ3n) is 6.21. The number of benzene rings is 3. The van der Waals surface area contributed by atoms with Crippen LogP contribution in [0.25, 0.3) is 22.2 Å². The molecule has 4 aromatic rings. The third kappa shape index (κ3) is 5.55. The van der Waals surface area contributed by atoms with Crippen molar-refractivity contribution in [3.63, 3.8) is 0 Å². The third-order valence-corrected chi connectivity index (χ3v) is 7.17. The monoisotopic (exact) mass is 490 g/mol. The fourth-order valence-electron chi connectivity index (χ4n) is 4.30. The lowest BCUT2D eigenvalue weighted by atomic mass is 10.1. The van der Waals surface area contributed by atoms with Gasteiger partial charge in [-0.05, 0) is 59.5 Å². The van der Waals surface area contributed by atoms with Gasteiger partial charge in [0, 0.05) is 25.8 Å². The maximum atomic E-state index is 13.4. The first kappa shape index (κ1) is 23.5. The predicted molar refractivity (Wildman–Crippen MR) is 136 cm³/mol. The molecule has 0 radical (unpaired) electrons. The molecule has 1 saturated heterocycles. The fraction of sp³-hybridized carbons (Fsp3) is 0.296. The van der Waals surface area contributed by atoms with Crippen LogP contribution in [-0.2, 0) is 22.6 Å². The highest BCUT2D eigenvalue weighted by Gasteiger charge is 2.23. The molecule has 1 fully saturated rings. The number of rotatable bonds is 8. The van der Waals surface area contributed by atoms with Crippen LogP contribution in [0.1, 0.15) is 18.4 Å². The molecule has 0 spiro atoms. The summed E-state index contributed by atoms with van der Waals surface area (Å²) >= 11 is 1.37. The zero-order chi connectivity index (χ0) is 24.2. The molecule has 1 atom stereocenters. The van der Waals surface area contributed by atoms with Crippen LogP contribution in [0, 0.1) is 5.82 Å². The first-order valence-corrected chi connectivity index (χ1v) is 12.7. The molecule has 0 N–H and O–H groups in total. The van der Waals surface area contributed by atoms with Crippen molar-refractivity contribution in [1.29, 1.82) is 0 Å². The van der Waals surface area contributed by atoms with E-state index in [2.05, 4.69) is 40.5 Å². The van der Waals surface area contributed by atoms with E-state index in [1.165, 1.54) is 29.3 Å². The summed E-state index contributed by atoms with van der Waals surface area (Å²) in [6.45, 7) is 1.88. The number of halogens is 1. The van der Waals surface area contributed by atoms with Crippen molar-refractivity contribution in [1.82, 2.24) is 19.7 Å². The van der Waals surface area contributed by atoms with E-state index >= 15 is 0 Å². The van der Waals surface area contributed by atoms with Crippen LogP contribution in [0.2, 0.25) is 0 Å². The molecule has 1 aliphatic rings. The lowest BCUT2D eigenvalue weighted by molar-refractivity contribution is -0.127. The minimum Gasteiger partial charge on any atom is -0.376 e. The zero-order valence-electron chi connectivity index (χ0n) is 19.6. The maximum absolute atomic E-state index is 13.4. The Kier molecular flexibility index (Phi) is 7.11. The van der Waals surface area contributed by atoms with Gasteiger partial charge in [-0.15, -0.1) is 10.2 Å². The van der Waals surface area contributed by atoms with Gasteiger partial charge in [0.25, 0.3) is 0 Å². The summed E-state index contributed by atoms with van der Waals surface area (Å²) in [6, 6.07) is 20.7. The molecule has 5 rings (SSSR count). The van der Waals surface area contributed by atoms with Crippen molar-refractivity contribution in [3.8, 4) is 11.4 Å². The number of hydrogen-bond donors (Lipinski definition) is 0. The lowest BCUT2D eigenvalue weighted by Gasteiger charge is -2.18. The van der Waals surface area contributed by atoms with Crippen LogP contribution in [-0.4, -0.2) is 51.1 Å².